The van der Waals surface area contributed by atoms with E-state index in [1.807, 2.05) is 0 Å². The van der Waals surface area contributed by atoms with Crippen LogP contribution >= 0.6 is 11.3 Å². The van der Waals surface area contributed by atoms with Crippen LogP contribution in [0.15, 0.2) is 18.2 Å². The largest absolute Gasteiger partial charge is 0.465 e. The van der Waals surface area contributed by atoms with Crippen LogP contribution < -0.4 is 5.32 Å². The molecule has 0 aliphatic carbocycles. The number of fused-ring (bicyclic) bond motifs is 1. The molecule has 1 saturated heterocycles. The van der Waals surface area contributed by atoms with Crippen molar-refractivity contribution in [2.45, 2.75) is 12.8 Å². The molecule has 0 unspecified atom stereocenters. The van der Waals surface area contributed by atoms with Crippen LogP contribution in [0.1, 0.15) is 23.2 Å². The maximum absolute atomic E-state index is 12.4. The van der Waals surface area contributed by atoms with Gasteiger partial charge in [0, 0.05) is 19.0 Å². The van der Waals surface area contributed by atoms with Gasteiger partial charge in [-0.1, -0.05) is 11.3 Å². The summed E-state index contributed by atoms with van der Waals surface area (Å²) in [5.74, 6) is -0.834. The number of nitrogens with zero attached hydrogens (tertiary/aromatic N) is 2. The lowest BCUT2D eigenvalue weighted by Gasteiger charge is -2.29. The van der Waals surface area contributed by atoms with E-state index in [1.54, 1.807) is 18.2 Å². The van der Waals surface area contributed by atoms with Crippen molar-refractivity contribution in [1.82, 2.24) is 9.29 Å². The molecule has 2 aromatic rings. The average molecular weight is 397 g/mol. The molecule has 1 aliphatic rings. The zero-order valence-electron chi connectivity index (χ0n) is 14.4. The fourth-order valence-corrected chi connectivity index (χ4v) is 4.66. The number of benzene rings is 1. The van der Waals surface area contributed by atoms with Crippen molar-refractivity contribution in [2.24, 2.45) is 5.92 Å². The van der Waals surface area contributed by atoms with Gasteiger partial charge in [0.25, 0.3) is 0 Å². The van der Waals surface area contributed by atoms with Gasteiger partial charge in [0.1, 0.15) is 0 Å². The maximum atomic E-state index is 12.4. The van der Waals surface area contributed by atoms with E-state index in [2.05, 4.69) is 10.3 Å². The number of sulfonamides is 1. The fourth-order valence-electron chi connectivity index (χ4n) is 2.88. The first-order valence-corrected chi connectivity index (χ1v) is 10.7. The highest BCUT2D eigenvalue weighted by Gasteiger charge is 2.29. The number of hydrogen-bond donors (Lipinski definition) is 1. The summed E-state index contributed by atoms with van der Waals surface area (Å²) in [6, 6.07) is 5.01. The highest BCUT2D eigenvalue weighted by molar-refractivity contribution is 7.88. The van der Waals surface area contributed by atoms with E-state index in [9.17, 15) is 18.0 Å². The summed E-state index contributed by atoms with van der Waals surface area (Å²) in [6.07, 6.45) is 2.14. The molecule has 1 aliphatic heterocycles. The number of hydrogen-bond acceptors (Lipinski definition) is 7. The summed E-state index contributed by atoms with van der Waals surface area (Å²) in [6.45, 7) is 0.693. The van der Waals surface area contributed by atoms with Gasteiger partial charge in [-0.3, -0.25) is 4.79 Å². The summed E-state index contributed by atoms with van der Waals surface area (Å²) in [7, 11) is -1.89. The Labute approximate surface area is 155 Å². The van der Waals surface area contributed by atoms with E-state index < -0.39 is 16.0 Å². The monoisotopic (exact) mass is 397 g/mol. The number of nitrogens with one attached hydrogen (secondary N) is 1. The number of ether oxygens (including phenoxy) is 1. The number of thiazole rings is 1. The van der Waals surface area contributed by atoms with Gasteiger partial charge in [-0.2, -0.15) is 0 Å². The standard InChI is InChI=1S/C16H19N3O5S2/c1-24-15(21)11-3-4-12-13(9-11)25-16(17-12)18-14(20)10-5-7-19(8-6-10)26(2,22)23/h3-4,9-10H,5-8H2,1-2H3,(H,17,18,20). The van der Waals surface area contributed by atoms with Crippen LogP contribution in [0.25, 0.3) is 10.2 Å². The topological polar surface area (TPSA) is 106 Å². The van der Waals surface area contributed by atoms with E-state index in [1.165, 1.54) is 29.0 Å². The predicted molar refractivity (Wildman–Crippen MR) is 98.7 cm³/mol. The van der Waals surface area contributed by atoms with Crippen molar-refractivity contribution >= 4 is 48.6 Å². The number of anilines is 1. The van der Waals surface area contributed by atoms with E-state index in [0.717, 1.165) is 4.70 Å². The Morgan fingerprint density at radius 1 is 1.31 bits per heavy atom. The lowest BCUT2D eigenvalue weighted by Crippen LogP contribution is -2.40. The quantitative estimate of drug-likeness (QED) is 0.787. The number of esters is 1. The highest BCUT2D eigenvalue weighted by Crippen LogP contribution is 2.28. The Morgan fingerprint density at radius 2 is 2.00 bits per heavy atom. The molecule has 2 heterocycles. The average Bonchev–Trinajstić information content (AvgIpc) is 3.01. The third-order valence-corrected chi connectivity index (χ3v) is 6.57. The zero-order valence-corrected chi connectivity index (χ0v) is 16.0. The van der Waals surface area contributed by atoms with Crippen molar-refractivity contribution < 1.29 is 22.7 Å². The van der Waals surface area contributed by atoms with E-state index >= 15 is 0 Å². The molecule has 1 aromatic heterocycles. The molecule has 0 atom stereocenters. The first kappa shape index (κ1) is 18.7. The molecule has 1 fully saturated rings. The minimum Gasteiger partial charge on any atom is -0.465 e. The summed E-state index contributed by atoms with van der Waals surface area (Å²) >= 11 is 1.28. The molecule has 8 nitrogen and oxygen atoms in total. The van der Waals surface area contributed by atoms with Gasteiger partial charge in [0.05, 0.1) is 29.1 Å². The second kappa shape index (κ2) is 7.29. The Morgan fingerprint density at radius 3 is 2.62 bits per heavy atom. The Bertz CT molecular complexity index is 946. The Hall–Kier alpha value is -2.04. The minimum absolute atomic E-state index is 0.162. The molecule has 0 radical (unpaired) electrons. The zero-order chi connectivity index (χ0) is 18.9. The lowest BCUT2D eigenvalue weighted by molar-refractivity contribution is -0.120. The second-order valence-electron chi connectivity index (χ2n) is 6.12. The lowest BCUT2D eigenvalue weighted by atomic mass is 9.97. The molecule has 0 spiro atoms. The molecule has 1 amide bonds. The Balaban J connectivity index is 1.67. The van der Waals surface area contributed by atoms with Crippen molar-refractivity contribution in [3.63, 3.8) is 0 Å². The third-order valence-electron chi connectivity index (χ3n) is 4.33. The number of rotatable bonds is 4. The van der Waals surface area contributed by atoms with Crippen molar-refractivity contribution in [3.8, 4) is 0 Å². The van der Waals surface area contributed by atoms with E-state index in [4.69, 9.17) is 4.74 Å². The number of carbonyl (C=O) groups is 2. The van der Waals surface area contributed by atoms with Gasteiger partial charge >= 0.3 is 5.97 Å². The fraction of sp³-hybridized carbons (Fsp3) is 0.438. The molecule has 26 heavy (non-hydrogen) atoms. The number of methoxy groups -OCH3 is 1. The number of amides is 1. The summed E-state index contributed by atoms with van der Waals surface area (Å²) in [4.78, 5) is 28.4. The Kier molecular flexibility index (Phi) is 5.26. The molecule has 1 aromatic carbocycles. The van der Waals surface area contributed by atoms with E-state index in [-0.39, 0.29) is 11.8 Å². The molecule has 3 rings (SSSR count). The molecule has 1 N–H and O–H groups in total. The molecule has 140 valence electrons. The number of piperidine rings is 1. The first-order chi connectivity index (χ1) is 12.3. The number of aromatic nitrogens is 1. The predicted octanol–water partition coefficient (Wildman–Crippen LogP) is 1.69. The highest BCUT2D eigenvalue weighted by atomic mass is 32.2. The van der Waals surface area contributed by atoms with Gasteiger partial charge in [0.15, 0.2) is 5.13 Å². The van der Waals surface area contributed by atoms with Crippen molar-refractivity contribution in [1.29, 1.82) is 0 Å². The van der Waals surface area contributed by atoms with Gasteiger partial charge in [-0.05, 0) is 31.0 Å². The molecular weight excluding hydrogens is 378 g/mol. The van der Waals surface area contributed by atoms with Crippen LogP contribution in [0.3, 0.4) is 0 Å². The van der Waals surface area contributed by atoms with Crippen LogP contribution in [0, 0.1) is 5.92 Å². The smallest absolute Gasteiger partial charge is 0.337 e. The van der Waals surface area contributed by atoms with Gasteiger partial charge in [-0.15, -0.1) is 0 Å². The number of carbonyl (C=O) groups excluding carboxylic acids is 2. The summed E-state index contributed by atoms with van der Waals surface area (Å²) in [5.41, 5.74) is 1.11. The maximum Gasteiger partial charge on any atom is 0.337 e. The van der Waals surface area contributed by atoms with Crippen molar-refractivity contribution in [3.05, 3.63) is 23.8 Å². The van der Waals surface area contributed by atoms with Crippen LogP contribution in [0.4, 0.5) is 5.13 Å². The summed E-state index contributed by atoms with van der Waals surface area (Å²) < 4.78 is 29.9. The van der Waals surface area contributed by atoms with Gasteiger partial charge in [0.2, 0.25) is 15.9 Å². The molecule has 10 heteroatoms. The van der Waals surface area contributed by atoms with Crippen LogP contribution in [-0.2, 0) is 19.6 Å². The van der Waals surface area contributed by atoms with E-state index in [0.29, 0.717) is 42.1 Å². The van der Waals surface area contributed by atoms with Crippen LogP contribution in [0.2, 0.25) is 0 Å². The molecule has 0 bridgehead atoms. The first-order valence-electron chi connectivity index (χ1n) is 8.03. The molecule has 0 saturated carbocycles. The third kappa shape index (κ3) is 4.02. The van der Waals surface area contributed by atoms with Crippen LogP contribution in [0.5, 0.6) is 0 Å². The van der Waals surface area contributed by atoms with Gasteiger partial charge in [-0.25, -0.2) is 22.5 Å². The van der Waals surface area contributed by atoms with Crippen molar-refractivity contribution in [2.75, 3.05) is 31.8 Å². The second-order valence-corrected chi connectivity index (χ2v) is 9.13. The molecular formula is C16H19N3O5S2. The minimum atomic E-state index is -3.21. The van der Waals surface area contributed by atoms with Gasteiger partial charge < -0.3 is 10.1 Å². The SMILES string of the molecule is COC(=O)c1ccc2nc(NC(=O)C3CCN(S(C)(=O)=O)CC3)sc2c1. The van der Waals surface area contributed by atoms with Crippen LogP contribution in [-0.4, -0.2) is 56.0 Å². The summed E-state index contributed by atoms with van der Waals surface area (Å²) in [5, 5.41) is 3.26. The normalized spacial score (nSPS) is 16.5.